The minimum Gasteiger partial charge on any atom is -0.412 e. The van der Waals surface area contributed by atoms with Gasteiger partial charge in [0.15, 0.2) is 0 Å². The van der Waals surface area contributed by atoms with Crippen LogP contribution in [0.15, 0.2) is 0 Å². The summed E-state index contributed by atoms with van der Waals surface area (Å²) in [7, 11) is 0. The van der Waals surface area contributed by atoms with Crippen LogP contribution in [-0.2, 0) is 9.59 Å². The van der Waals surface area contributed by atoms with Crippen LogP contribution in [0.25, 0.3) is 0 Å². The predicted molar refractivity (Wildman–Crippen MR) is 85.4 cm³/mol. The number of hydrogen-bond donors (Lipinski definition) is 0. The van der Waals surface area contributed by atoms with Gasteiger partial charge >= 0.3 is 0 Å². The third-order valence-corrected chi connectivity index (χ3v) is 8.19. The summed E-state index contributed by atoms with van der Waals surface area (Å²) >= 11 is 0. The normalized spacial score (nSPS) is 50.6. The van der Waals surface area contributed by atoms with Crippen molar-refractivity contribution in [1.82, 2.24) is 0 Å². The van der Waals surface area contributed by atoms with Crippen LogP contribution in [0, 0.1) is 34.5 Å². The van der Waals surface area contributed by atoms with Gasteiger partial charge in [0.1, 0.15) is 11.6 Å². The molecule has 0 amide bonds. The van der Waals surface area contributed by atoms with E-state index in [2.05, 4.69) is 13.8 Å². The van der Waals surface area contributed by atoms with E-state index in [9.17, 15) is 9.59 Å². The van der Waals surface area contributed by atoms with Gasteiger partial charge in [-0.2, -0.15) is 0 Å². The average molecular weight is 306 g/mol. The van der Waals surface area contributed by atoms with E-state index in [1.165, 1.54) is 19.3 Å². The van der Waals surface area contributed by atoms with Crippen LogP contribution >= 0.6 is 0 Å². The lowest BCUT2D eigenvalue weighted by atomic mass is 9.45. The van der Waals surface area contributed by atoms with Crippen molar-refractivity contribution in [2.24, 2.45) is 34.5 Å². The lowest BCUT2D eigenvalue weighted by molar-refractivity contribution is -0.144. The topological polar surface area (TPSA) is 65.6 Å². The van der Waals surface area contributed by atoms with Crippen molar-refractivity contribution in [1.29, 1.82) is 0 Å². The van der Waals surface area contributed by atoms with Crippen LogP contribution < -0.4 is 0 Å². The van der Waals surface area contributed by atoms with Gasteiger partial charge in [-0.05, 0) is 67.6 Å². The van der Waals surface area contributed by atoms with Gasteiger partial charge in [-0.1, -0.05) is 13.8 Å². The summed E-state index contributed by atoms with van der Waals surface area (Å²) in [4.78, 5) is 24.2. The minimum absolute atomic E-state index is 0. The fourth-order valence-electron chi connectivity index (χ4n) is 6.82. The lowest BCUT2D eigenvalue weighted by Crippen LogP contribution is -2.53. The molecule has 3 heteroatoms. The first-order valence-corrected chi connectivity index (χ1v) is 9.00. The molecule has 0 radical (unpaired) electrons. The van der Waals surface area contributed by atoms with Gasteiger partial charge in [0, 0.05) is 24.7 Å². The first kappa shape index (κ1) is 16.2. The molecule has 4 aliphatic carbocycles. The van der Waals surface area contributed by atoms with E-state index in [1.54, 1.807) is 0 Å². The fourth-order valence-corrected chi connectivity index (χ4v) is 6.82. The number of carbonyl (C=O) groups is 2. The van der Waals surface area contributed by atoms with Crippen LogP contribution in [0.4, 0.5) is 0 Å². The summed E-state index contributed by atoms with van der Waals surface area (Å²) in [6, 6.07) is 0. The second-order valence-corrected chi connectivity index (χ2v) is 8.82. The maximum atomic E-state index is 12.4. The summed E-state index contributed by atoms with van der Waals surface area (Å²) < 4.78 is 0. The van der Waals surface area contributed by atoms with Crippen molar-refractivity contribution >= 4 is 11.6 Å². The van der Waals surface area contributed by atoms with E-state index in [0.717, 1.165) is 50.4 Å². The Bertz CT molecular complexity index is 499. The molecule has 0 aromatic rings. The zero-order chi connectivity index (χ0) is 14.8. The highest BCUT2D eigenvalue weighted by Crippen LogP contribution is 2.65. The Kier molecular flexibility index (Phi) is 3.79. The van der Waals surface area contributed by atoms with Crippen molar-refractivity contribution in [3.05, 3.63) is 0 Å². The highest BCUT2D eigenvalue weighted by Gasteiger charge is 2.60. The number of fused-ring (bicyclic) bond motifs is 5. The summed E-state index contributed by atoms with van der Waals surface area (Å²) in [5, 5.41) is 0. The minimum atomic E-state index is -0.00511. The first-order valence-electron chi connectivity index (χ1n) is 9.00. The van der Waals surface area contributed by atoms with Crippen molar-refractivity contribution in [3.63, 3.8) is 0 Å². The Labute approximate surface area is 133 Å². The largest absolute Gasteiger partial charge is 0.412 e. The maximum absolute atomic E-state index is 12.4. The molecule has 124 valence electrons. The molecule has 6 atom stereocenters. The molecule has 0 aromatic heterocycles. The molecule has 1 unspecified atom stereocenters. The fraction of sp³-hybridized carbons (Fsp3) is 0.895. The second-order valence-electron chi connectivity index (χ2n) is 8.82. The zero-order valence-electron chi connectivity index (χ0n) is 14.0. The second kappa shape index (κ2) is 5.15. The van der Waals surface area contributed by atoms with Crippen LogP contribution in [0.2, 0.25) is 0 Å². The van der Waals surface area contributed by atoms with E-state index in [0.29, 0.717) is 28.8 Å². The standard InChI is InChI=1S/C19H28O2.H2O/c1-18-9-7-13(20)11-12(18)3-4-14-15-5-6-17(21)19(15,2)10-8-16(14)18;/h12,14-16H,3-11H2,1-2H3;1H2/t12?,14-,15-,16-,18-,19-;/m0./s1. The number of hydrogen-bond acceptors (Lipinski definition) is 2. The zero-order valence-corrected chi connectivity index (χ0v) is 14.0. The smallest absolute Gasteiger partial charge is 0.139 e. The SMILES string of the molecule is C[C@]12CCC(=O)CC1CC[C@@H]1[C@@H]2CC[C@]2(C)C(=O)CC[C@@H]12.O. The quantitative estimate of drug-likeness (QED) is 0.689. The van der Waals surface area contributed by atoms with E-state index in [1.807, 2.05) is 0 Å². The molecule has 3 nitrogen and oxygen atoms in total. The summed E-state index contributed by atoms with van der Waals surface area (Å²) in [6.07, 6.45) is 9.53. The van der Waals surface area contributed by atoms with Gasteiger partial charge in [-0.15, -0.1) is 0 Å². The molecule has 4 fully saturated rings. The molecule has 0 saturated heterocycles. The number of ketones is 2. The Morgan fingerprint density at radius 3 is 2.45 bits per heavy atom. The van der Waals surface area contributed by atoms with Crippen LogP contribution in [-0.4, -0.2) is 17.0 Å². The molecular weight excluding hydrogens is 276 g/mol. The molecule has 22 heavy (non-hydrogen) atoms. The van der Waals surface area contributed by atoms with E-state index in [-0.39, 0.29) is 10.9 Å². The van der Waals surface area contributed by atoms with Crippen LogP contribution in [0.3, 0.4) is 0 Å². The molecule has 0 spiro atoms. The Hall–Kier alpha value is -0.700. The molecular formula is C19H30O3. The van der Waals surface area contributed by atoms with E-state index < -0.39 is 0 Å². The molecule has 4 rings (SSSR count). The van der Waals surface area contributed by atoms with Gasteiger partial charge in [0.05, 0.1) is 0 Å². The van der Waals surface area contributed by atoms with Gasteiger partial charge in [-0.25, -0.2) is 0 Å². The van der Waals surface area contributed by atoms with E-state index >= 15 is 0 Å². The van der Waals surface area contributed by atoms with Gasteiger partial charge in [-0.3, -0.25) is 9.59 Å². The third kappa shape index (κ3) is 1.97. The van der Waals surface area contributed by atoms with Crippen molar-refractivity contribution in [2.45, 2.75) is 71.6 Å². The lowest BCUT2D eigenvalue weighted by Gasteiger charge is -2.59. The maximum Gasteiger partial charge on any atom is 0.139 e. The molecule has 0 aromatic carbocycles. The highest BCUT2D eigenvalue weighted by atomic mass is 16.1. The Morgan fingerprint density at radius 1 is 0.909 bits per heavy atom. The van der Waals surface area contributed by atoms with Gasteiger partial charge in [0.25, 0.3) is 0 Å². The van der Waals surface area contributed by atoms with Crippen molar-refractivity contribution < 1.29 is 15.1 Å². The molecule has 0 bridgehead atoms. The molecule has 2 N–H and O–H groups in total. The van der Waals surface area contributed by atoms with Crippen LogP contribution in [0.1, 0.15) is 71.6 Å². The summed E-state index contributed by atoms with van der Waals surface area (Å²) in [6.45, 7) is 4.72. The van der Waals surface area contributed by atoms with Crippen molar-refractivity contribution in [3.8, 4) is 0 Å². The summed E-state index contributed by atoms with van der Waals surface area (Å²) in [5.41, 5.74) is 0.374. The molecule has 4 aliphatic rings. The monoisotopic (exact) mass is 306 g/mol. The molecule has 0 heterocycles. The number of rotatable bonds is 0. The van der Waals surface area contributed by atoms with E-state index in [4.69, 9.17) is 0 Å². The molecule has 0 aliphatic heterocycles. The van der Waals surface area contributed by atoms with Crippen molar-refractivity contribution in [2.75, 3.05) is 0 Å². The number of Topliss-reactive ketones (excluding diaryl/α,β-unsaturated/α-hetero) is 2. The summed E-state index contributed by atoms with van der Waals surface area (Å²) in [5.74, 6) is 3.82. The average Bonchev–Trinajstić information content (AvgIpc) is 2.76. The van der Waals surface area contributed by atoms with Gasteiger partial charge in [0.2, 0.25) is 0 Å². The first-order chi connectivity index (χ1) is 9.95. The third-order valence-electron chi connectivity index (χ3n) is 8.19. The molecule has 4 saturated carbocycles. The predicted octanol–water partition coefficient (Wildman–Crippen LogP) is 3.34. The Balaban J connectivity index is 0.00000144. The highest BCUT2D eigenvalue weighted by molar-refractivity contribution is 5.87. The number of carbonyl (C=O) groups excluding carboxylic acids is 2. The van der Waals surface area contributed by atoms with Gasteiger partial charge < -0.3 is 5.48 Å². The van der Waals surface area contributed by atoms with Crippen LogP contribution in [0.5, 0.6) is 0 Å². The Morgan fingerprint density at radius 2 is 1.68 bits per heavy atom.